The highest BCUT2D eigenvalue weighted by Crippen LogP contribution is 2.13. The van der Waals surface area contributed by atoms with Gasteiger partial charge < -0.3 is 10.1 Å². The van der Waals surface area contributed by atoms with Gasteiger partial charge in [-0.2, -0.15) is 0 Å². The van der Waals surface area contributed by atoms with Crippen LogP contribution in [0.25, 0.3) is 0 Å². The molecule has 1 atom stereocenters. The SMILES string of the molecule is COc1ccc(CCC(C)NCc2ccccc2F)cc1. The molecule has 0 fully saturated rings. The van der Waals surface area contributed by atoms with Crippen LogP contribution in [0.4, 0.5) is 4.39 Å². The molecule has 0 amide bonds. The molecule has 21 heavy (non-hydrogen) atoms. The molecule has 0 saturated carbocycles. The molecule has 0 aliphatic rings. The summed E-state index contributed by atoms with van der Waals surface area (Å²) in [7, 11) is 1.67. The number of benzene rings is 2. The molecule has 0 bridgehead atoms. The summed E-state index contributed by atoms with van der Waals surface area (Å²) >= 11 is 0. The number of hydrogen-bond donors (Lipinski definition) is 1. The zero-order valence-corrected chi connectivity index (χ0v) is 12.6. The van der Waals surface area contributed by atoms with Crippen molar-refractivity contribution in [2.24, 2.45) is 0 Å². The van der Waals surface area contributed by atoms with E-state index in [9.17, 15) is 4.39 Å². The maximum Gasteiger partial charge on any atom is 0.127 e. The van der Waals surface area contributed by atoms with Gasteiger partial charge in [0.2, 0.25) is 0 Å². The van der Waals surface area contributed by atoms with Crippen molar-refractivity contribution in [1.82, 2.24) is 5.32 Å². The van der Waals surface area contributed by atoms with Crippen molar-refractivity contribution >= 4 is 0 Å². The summed E-state index contributed by atoms with van der Waals surface area (Å²) in [5, 5.41) is 3.37. The molecule has 1 unspecified atom stereocenters. The number of methoxy groups -OCH3 is 1. The molecule has 2 rings (SSSR count). The zero-order chi connectivity index (χ0) is 15.1. The molecule has 0 aliphatic carbocycles. The number of aryl methyl sites for hydroxylation is 1. The van der Waals surface area contributed by atoms with Crippen molar-refractivity contribution in [2.45, 2.75) is 32.4 Å². The maximum absolute atomic E-state index is 13.5. The average molecular weight is 287 g/mol. The van der Waals surface area contributed by atoms with Crippen LogP contribution in [0.2, 0.25) is 0 Å². The second-order valence-corrected chi connectivity index (χ2v) is 5.26. The van der Waals surface area contributed by atoms with Gasteiger partial charge in [0, 0.05) is 18.2 Å². The van der Waals surface area contributed by atoms with E-state index in [2.05, 4.69) is 24.4 Å². The van der Waals surface area contributed by atoms with Crippen LogP contribution in [0.15, 0.2) is 48.5 Å². The highest BCUT2D eigenvalue weighted by molar-refractivity contribution is 5.27. The molecule has 2 aromatic carbocycles. The highest BCUT2D eigenvalue weighted by atomic mass is 19.1. The molecule has 0 heterocycles. The van der Waals surface area contributed by atoms with E-state index >= 15 is 0 Å². The van der Waals surface area contributed by atoms with Crippen molar-refractivity contribution < 1.29 is 9.13 Å². The number of ether oxygens (including phenoxy) is 1. The Morgan fingerprint density at radius 1 is 1.10 bits per heavy atom. The van der Waals surface area contributed by atoms with Crippen LogP contribution in [0.3, 0.4) is 0 Å². The van der Waals surface area contributed by atoms with Crippen LogP contribution in [0.5, 0.6) is 5.75 Å². The number of rotatable bonds is 7. The van der Waals surface area contributed by atoms with Crippen molar-refractivity contribution in [3.63, 3.8) is 0 Å². The van der Waals surface area contributed by atoms with Gasteiger partial charge in [-0.3, -0.25) is 0 Å². The van der Waals surface area contributed by atoms with Crippen molar-refractivity contribution in [3.05, 3.63) is 65.5 Å². The normalized spacial score (nSPS) is 12.1. The Kier molecular flexibility index (Phi) is 5.76. The van der Waals surface area contributed by atoms with Gasteiger partial charge in [-0.15, -0.1) is 0 Å². The Morgan fingerprint density at radius 2 is 1.81 bits per heavy atom. The van der Waals surface area contributed by atoms with Gasteiger partial charge in [-0.1, -0.05) is 30.3 Å². The van der Waals surface area contributed by atoms with Crippen molar-refractivity contribution in [1.29, 1.82) is 0 Å². The molecule has 0 radical (unpaired) electrons. The third kappa shape index (κ3) is 4.87. The fraction of sp³-hybridized carbons (Fsp3) is 0.333. The summed E-state index contributed by atoms with van der Waals surface area (Å²) in [6.45, 7) is 2.70. The molecule has 1 N–H and O–H groups in total. The number of nitrogens with one attached hydrogen (secondary N) is 1. The lowest BCUT2D eigenvalue weighted by Gasteiger charge is -2.14. The molecule has 0 saturated heterocycles. The third-order valence-electron chi connectivity index (χ3n) is 3.62. The molecule has 0 spiro atoms. The summed E-state index contributed by atoms with van der Waals surface area (Å²) in [5.41, 5.74) is 2.00. The average Bonchev–Trinajstić information content (AvgIpc) is 2.52. The first kappa shape index (κ1) is 15.5. The van der Waals surface area contributed by atoms with Gasteiger partial charge in [-0.05, 0) is 43.5 Å². The molecule has 3 heteroatoms. The van der Waals surface area contributed by atoms with Crippen LogP contribution in [0.1, 0.15) is 24.5 Å². The Balaban J connectivity index is 1.76. The van der Waals surface area contributed by atoms with E-state index in [4.69, 9.17) is 4.74 Å². The van der Waals surface area contributed by atoms with E-state index in [-0.39, 0.29) is 5.82 Å². The molecular formula is C18H22FNO. The lowest BCUT2D eigenvalue weighted by atomic mass is 10.1. The molecule has 0 aromatic heterocycles. The summed E-state index contributed by atoms with van der Waals surface area (Å²) < 4.78 is 18.7. The van der Waals surface area contributed by atoms with Crippen LogP contribution in [-0.2, 0) is 13.0 Å². The minimum Gasteiger partial charge on any atom is -0.497 e. The van der Waals surface area contributed by atoms with Crippen molar-refractivity contribution in [2.75, 3.05) is 7.11 Å². The highest BCUT2D eigenvalue weighted by Gasteiger charge is 2.05. The summed E-state index contributed by atoms with van der Waals surface area (Å²) in [4.78, 5) is 0. The second-order valence-electron chi connectivity index (χ2n) is 5.26. The van der Waals surface area contributed by atoms with Crippen LogP contribution in [0, 0.1) is 5.82 Å². The van der Waals surface area contributed by atoms with Gasteiger partial charge in [0.25, 0.3) is 0 Å². The van der Waals surface area contributed by atoms with E-state index < -0.39 is 0 Å². The second kappa shape index (κ2) is 7.79. The smallest absolute Gasteiger partial charge is 0.127 e. The quantitative estimate of drug-likeness (QED) is 0.832. The fourth-order valence-electron chi connectivity index (χ4n) is 2.20. The molecule has 0 aliphatic heterocycles. The van der Waals surface area contributed by atoms with Crippen LogP contribution in [-0.4, -0.2) is 13.2 Å². The van der Waals surface area contributed by atoms with E-state index in [1.54, 1.807) is 13.2 Å². The zero-order valence-electron chi connectivity index (χ0n) is 12.6. The first-order valence-electron chi connectivity index (χ1n) is 7.29. The molecule has 2 aromatic rings. The van der Waals surface area contributed by atoms with Gasteiger partial charge >= 0.3 is 0 Å². The molecule has 112 valence electrons. The predicted octanol–water partition coefficient (Wildman–Crippen LogP) is 3.95. The van der Waals surface area contributed by atoms with Crippen molar-refractivity contribution in [3.8, 4) is 5.75 Å². The first-order valence-corrected chi connectivity index (χ1v) is 7.29. The van der Waals surface area contributed by atoms with E-state index in [1.807, 2.05) is 24.3 Å². The Hall–Kier alpha value is -1.87. The minimum atomic E-state index is -0.146. The van der Waals surface area contributed by atoms with Gasteiger partial charge in [0.1, 0.15) is 11.6 Å². The largest absolute Gasteiger partial charge is 0.497 e. The van der Waals surface area contributed by atoms with E-state index in [0.29, 0.717) is 18.2 Å². The predicted molar refractivity (Wildman–Crippen MR) is 84.0 cm³/mol. The first-order chi connectivity index (χ1) is 10.2. The van der Waals surface area contributed by atoms with Crippen LogP contribution >= 0.6 is 0 Å². The monoisotopic (exact) mass is 287 g/mol. The van der Waals surface area contributed by atoms with E-state index in [1.165, 1.54) is 11.6 Å². The summed E-state index contributed by atoms with van der Waals surface area (Å²) in [6.07, 6.45) is 2.01. The molecular weight excluding hydrogens is 265 g/mol. The Morgan fingerprint density at radius 3 is 2.48 bits per heavy atom. The Labute approximate surface area is 126 Å². The van der Waals surface area contributed by atoms with Gasteiger partial charge in [-0.25, -0.2) is 4.39 Å². The number of halogens is 1. The van der Waals surface area contributed by atoms with Gasteiger partial charge in [0.15, 0.2) is 0 Å². The lowest BCUT2D eigenvalue weighted by molar-refractivity contribution is 0.414. The third-order valence-corrected chi connectivity index (χ3v) is 3.62. The summed E-state index contributed by atoms with van der Waals surface area (Å²) in [6, 6.07) is 15.4. The summed E-state index contributed by atoms with van der Waals surface area (Å²) in [5.74, 6) is 0.733. The minimum absolute atomic E-state index is 0.146. The Bertz CT molecular complexity index is 553. The topological polar surface area (TPSA) is 21.3 Å². The maximum atomic E-state index is 13.5. The van der Waals surface area contributed by atoms with Gasteiger partial charge in [0.05, 0.1) is 7.11 Å². The standard InChI is InChI=1S/C18H22FNO/c1-14(20-13-16-5-3-4-6-18(16)19)7-8-15-9-11-17(21-2)12-10-15/h3-6,9-12,14,20H,7-8,13H2,1-2H3. The lowest BCUT2D eigenvalue weighted by Crippen LogP contribution is -2.26. The number of hydrogen-bond acceptors (Lipinski definition) is 2. The van der Waals surface area contributed by atoms with Crippen LogP contribution < -0.4 is 10.1 Å². The fourth-order valence-corrected chi connectivity index (χ4v) is 2.20. The van der Waals surface area contributed by atoms with E-state index in [0.717, 1.165) is 18.6 Å². The molecule has 2 nitrogen and oxygen atoms in total.